The van der Waals surface area contributed by atoms with E-state index in [9.17, 15) is 14.9 Å². The second-order valence-electron chi connectivity index (χ2n) is 8.00. The SMILES string of the molecule is O=C(c1cccc2c1N[C@@H](c1ccc([N+](=O)[O-])cc1)[C@H]1CC=C[C@H]21)N1CCOCC1. The molecular formula is C23H23N3O4. The minimum atomic E-state index is -0.383. The quantitative estimate of drug-likeness (QED) is 0.476. The number of para-hydroxylation sites is 1. The molecule has 1 saturated heterocycles. The fourth-order valence-corrected chi connectivity index (χ4v) is 4.87. The van der Waals surface area contributed by atoms with Crippen LogP contribution in [0.15, 0.2) is 54.6 Å². The Kier molecular flexibility index (Phi) is 4.75. The number of nitrogens with one attached hydrogen (secondary N) is 1. The van der Waals surface area contributed by atoms with E-state index in [1.807, 2.05) is 29.2 Å². The number of carbonyl (C=O) groups is 1. The predicted molar refractivity (Wildman–Crippen MR) is 113 cm³/mol. The molecule has 2 aromatic rings. The largest absolute Gasteiger partial charge is 0.378 e. The van der Waals surface area contributed by atoms with Crippen LogP contribution >= 0.6 is 0 Å². The summed E-state index contributed by atoms with van der Waals surface area (Å²) in [5, 5.41) is 14.7. The summed E-state index contributed by atoms with van der Waals surface area (Å²) in [5.74, 6) is 0.553. The van der Waals surface area contributed by atoms with Gasteiger partial charge in [-0.05, 0) is 29.5 Å². The van der Waals surface area contributed by atoms with Crippen LogP contribution in [0, 0.1) is 16.0 Å². The van der Waals surface area contributed by atoms with Crippen LogP contribution in [0.1, 0.15) is 39.9 Å². The average Bonchev–Trinajstić information content (AvgIpc) is 3.28. The van der Waals surface area contributed by atoms with E-state index in [1.54, 1.807) is 12.1 Å². The van der Waals surface area contributed by atoms with E-state index in [0.29, 0.717) is 37.8 Å². The number of non-ortho nitro benzene ring substituents is 1. The van der Waals surface area contributed by atoms with Crippen molar-refractivity contribution in [2.24, 2.45) is 5.92 Å². The van der Waals surface area contributed by atoms with E-state index in [4.69, 9.17) is 4.74 Å². The molecule has 2 heterocycles. The number of nitro groups is 1. The molecule has 30 heavy (non-hydrogen) atoms. The van der Waals surface area contributed by atoms with Gasteiger partial charge in [-0.3, -0.25) is 14.9 Å². The Bertz CT molecular complexity index is 1010. The summed E-state index contributed by atoms with van der Waals surface area (Å²) in [6.07, 6.45) is 5.35. The minimum Gasteiger partial charge on any atom is -0.378 e. The van der Waals surface area contributed by atoms with E-state index in [-0.39, 0.29) is 28.5 Å². The lowest BCUT2D eigenvalue weighted by Crippen LogP contribution is -2.41. The molecule has 0 spiro atoms. The molecule has 0 radical (unpaired) electrons. The minimum absolute atomic E-state index is 0.0167. The van der Waals surface area contributed by atoms with Gasteiger partial charge in [0.1, 0.15) is 0 Å². The third-order valence-electron chi connectivity index (χ3n) is 6.39. The van der Waals surface area contributed by atoms with Crippen LogP contribution in [0.2, 0.25) is 0 Å². The monoisotopic (exact) mass is 405 g/mol. The maximum absolute atomic E-state index is 13.3. The molecule has 7 nitrogen and oxygen atoms in total. The lowest BCUT2D eigenvalue weighted by Gasteiger charge is -2.39. The first-order chi connectivity index (χ1) is 14.6. The Hall–Kier alpha value is -3.19. The van der Waals surface area contributed by atoms with Crippen molar-refractivity contribution >= 4 is 17.3 Å². The van der Waals surface area contributed by atoms with Crippen molar-refractivity contribution in [2.75, 3.05) is 31.6 Å². The van der Waals surface area contributed by atoms with Gasteiger partial charge in [0.2, 0.25) is 0 Å². The molecule has 2 aliphatic heterocycles. The maximum Gasteiger partial charge on any atom is 0.269 e. The number of benzene rings is 2. The van der Waals surface area contributed by atoms with Crippen molar-refractivity contribution in [3.8, 4) is 0 Å². The van der Waals surface area contributed by atoms with Crippen molar-refractivity contribution < 1.29 is 14.5 Å². The highest BCUT2D eigenvalue weighted by atomic mass is 16.6. The number of carbonyl (C=O) groups excluding carboxylic acids is 1. The summed E-state index contributed by atoms with van der Waals surface area (Å²) < 4.78 is 5.39. The second-order valence-corrected chi connectivity index (χ2v) is 8.00. The Morgan fingerprint density at radius 2 is 1.90 bits per heavy atom. The number of allylic oxidation sites excluding steroid dienone is 2. The van der Waals surface area contributed by atoms with Crippen LogP contribution in [0.4, 0.5) is 11.4 Å². The molecule has 7 heteroatoms. The number of hydrogen-bond donors (Lipinski definition) is 1. The molecule has 0 saturated carbocycles. The van der Waals surface area contributed by atoms with Crippen molar-refractivity contribution in [1.82, 2.24) is 4.90 Å². The molecule has 154 valence electrons. The summed E-state index contributed by atoms with van der Waals surface area (Å²) in [5.41, 5.74) is 3.79. The van der Waals surface area contributed by atoms with E-state index in [2.05, 4.69) is 23.5 Å². The highest BCUT2D eigenvalue weighted by molar-refractivity contribution is 6.01. The van der Waals surface area contributed by atoms with Gasteiger partial charge >= 0.3 is 0 Å². The van der Waals surface area contributed by atoms with Gasteiger partial charge in [-0.25, -0.2) is 0 Å². The van der Waals surface area contributed by atoms with Crippen molar-refractivity contribution in [1.29, 1.82) is 0 Å². The summed E-state index contributed by atoms with van der Waals surface area (Å²) in [6.45, 7) is 2.32. The smallest absolute Gasteiger partial charge is 0.269 e. The molecule has 0 aromatic heterocycles. The van der Waals surface area contributed by atoms with Crippen molar-refractivity contribution in [3.05, 3.63) is 81.4 Å². The zero-order chi connectivity index (χ0) is 20.7. The van der Waals surface area contributed by atoms with Crippen LogP contribution in [0.25, 0.3) is 0 Å². The zero-order valence-electron chi connectivity index (χ0n) is 16.5. The van der Waals surface area contributed by atoms with E-state index >= 15 is 0 Å². The van der Waals surface area contributed by atoms with Gasteiger partial charge < -0.3 is 15.0 Å². The van der Waals surface area contributed by atoms with Gasteiger partial charge in [0.25, 0.3) is 11.6 Å². The van der Waals surface area contributed by atoms with Gasteiger partial charge in [0.05, 0.1) is 35.4 Å². The Morgan fingerprint density at radius 3 is 2.63 bits per heavy atom. The van der Waals surface area contributed by atoms with Gasteiger partial charge in [-0.15, -0.1) is 0 Å². The molecule has 5 rings (SSSR count). The zero-order valence-corrected chi connectivity index (χ0v) is 16.5. The van der Waals surface area contributed by atoms with Crippen LogP contribution in [0.3, 0.4) is 0 Å². The molecule has 1 fully saturated rings. The highest BCUT2D eigenvalue weighted by Crippen LogP contribution is 2.50. The number of amides is 1. The normalized spacial score (nSPS) is 24.7. The molecule has 1 aliphatic carbocycles. The first kappa shape index (κ1) is 18.8. The Labute approximate surface area is 174 Å². The number of hydrogen-bond acceptors (Lipinski definition) is 5. The van der Waals surface area contributed by atoms with Crippen LogP contribution in [-0.2, 0) is 4.74 Å². The molecule has 1 N–H and O–H groups in total. The fraction of sp³-hybridized carbons (Fsp3) is 0.348. The van der Waals surface area contributed by atoms with Gasteiger partial charge in [0.15, 0.2) is 0 Å². The first-order valence-electron chi connectivity index (χ1n) is 10.3. The first-order valence-corrected chi connectivity index (χ1v) is 10.3. The third kappa shape index (κ3) is 3.15. The maximum atomic E-state index is 13.3. The Morgan fingerprint density at radius 1 is 1.13 bits per heavy atom. The highest BCUT2D eigenvalue weighted by Gasteiger charge is 2.39. The summed E-state index contributed by atoms with van der Waals surface area (Å²) in [7, 11) is 0. The summed E-state index contributed by atoms with van der Waals surface area (Å²) in [6, 6.07) is 12.7. The molecule has 3 aliphatic rings. The standard InChI is InChI=1S/C23H23N3O4/c27-23(25-11-13-30-14-12-25)20-6-2-5-19-17-3-1-4-18(17)21(24-22(19)20)15-7-9-16(10-8-15)26(28)29/h1-3,5-10,17-18,21,24H,4,11-14H2/t17-,18-,21-/m0/s1. The molecule has 2 aromatic carbocycles. The second kappa shape index (κ2) is 7.57. The number of nitrogens with zero attached hydrogens (tertiary/aromatic N) is 2. The molecule has 1 amide bonds. The van der Waals surface area contributed by atoms with E-state index in [0.717, 1.165) is 23.2 Å². The number of nitro benzene ring substituents is 1. The molecular weight excluding hydrogens is 382 g/mol. The predicted octanol–water partition coefficient (Wildman–Crippen LogP) is 3.89. The van der Waals surface area contributed by atoms with Gasteiger partial charge in [-0.1, -0.05) is 36.4 Å². The fourth-order valence-electron chi connectivity index (χ4n) is 4.87. The topological polar surface area (TPSA) is 84.7 Å². The van der Waals surface area contributed by atoms with Crippen molar-refractivity contribution in [3.63, 3.8) is 0 Å². The average molecular weight is 405 g/mol. The number of rotatable bonds is 3. The van der Waals surface area contributed by atoms with Crippen LogP contribution in [-0.4, -0.2) is 42.0 Å². The lowest BCUT2D eigenvalue weighted by atomic mass is 9.76. The lowest BCUT2D eigenvalue weighted by molar-refractivity contribution is -0.384. The third-order valence-corrected chi connectivity index (χ3v) is 6.39. The number of fused-ring (bicyclic) bond motifs is 3. The van der Waals surface area contributed by atoms with E-state index in [1.165, 1.54) is 0 Å². The molecule has 0 unspecified atom stereocenters. The van der Waals surface area contributed by atoms with Crippen LogP contribution < -0.4 is 5.32 Å². The summed E-state index contributed by atoms with van der Waals surface area (Å²) in [4.78, 5) is 25.8. The molecule has 0 bridgehead atoms. The number of morpholine rings is 1. The van der Waals surface area contributed by atoms with Gasteiger partial charge in [0, 0.05) is 31.1 Å². The van der Waals surface area contributed by atoms with Gasteiger partial charge in [-0.2, -0.15) is 0 Å². The summed E-state index contributed by atoms with van der Waals surface area (Å²) >= 11 is 0. The van der Waals surface area contributed by atoms with Crippen LogP contribution in [0.5, 0.6) is 0 Å². The Balaban J connectivity index is 1.52. The molecule has 3 atom stereocenters. The number of ether oxygens (including phenoxy) is 1. The number of anilines is 1. The van der Waals surface area contributed by atoms with Crippen molar-refractivity contribution in [2.45, 2.75) is 18.4 Å². The van der Waals surface area contributed by atoms with E-state index < -0.39 is 0 Å².